The summed E-state index contributed by atoms with van der Waals surface area (Å²) < 4.78 is 11.3. The van der Waals surface area contributed by atoms with Crippen molar-refractivity contribution in [3.05, 3.63) is 72.3 Å². The summed E-state index contributed by atoms with van der Waals surface area (Å²) in [6, 6.07) is 21.0. The molecule has 0 aliphatic heterocycles. The van der Waals surface area contributed by atoms with Crippen molar-refractivity contribution in [3.8, 4) is 16.9 Å². The summed E-state index contributed by atoms with van der Waals surface area (Å²) >= 11 is 1.56. The second-order valence-electron chi connectivity index (χ2n) is 8.08. The summed E-state index contributed by atoms with van der Waals surface area (Å²) in [5.74, 6) is -1.11. The van der Waals surface area contributed by atoms with Crippen LogP contribution < -0.4 is 10.1 Å². The molecular formula is C27H26N2O5S. The molecule has 0 aliphatic carbocycles. The van der Waals surface area contributed by atoms with Gasteiger partial charge in [0.2, 0.25) is 0 Å². The van der Waals surface area contributed by atoms with E-state index in [1.54, 1.807) is 30.6 Å². The number of rotatable bonds is 11. The van der Waals surface area contributed by atoms with Crippen LogP contribution >= 0.6 is 11.3 Å². The fourth-order valence-electron chi connectivity index (χ4n) is 3.72. The number of hydrogen-bond acceptors (Lipinski definition) is 7. The Morgan fingerprint density at radius 1 is 1.00 bits per heavy atom. The first kappa shape index (κ1) is 24.4. The number of anilines is 2. The lowest BCUT2D eigenvalue weighted by Crippen LogP contribution is -2.19. The Morgan fingerprint density at radius 2 is 1.69 bits per heavy atom. The van der Waals surface area contributed by atoms with Crippen LogP contribution in [0.4, 0.5) is 10.8 Å². The topological polar surface area (TPSA) is 97.8 Å². The molecule has 180 valence electrons. The van der Waals surface area contributed by atoms with Crippen LogP contribution in [0.5, 0.6) is 5.75 Å². The Balaban J connectivity index is 1.41. The van der Waals surface area contributed by atoms with E-state index in [2.05, 4.69) is 10.3 Å². The highest BCUT2D eigenvalue weighted by Gasteiger charge is 2.21. The average Bonchev–Trinajstić information content (AvgIpc) is 3.28. The number of benzene rings is 3. The molecule has 0 fully saturated rings. The number of aliphatic carboxylic acids is 1. The summed E-state index contributed by atoms with van der Waals surface area (Å²) in [5.41, 5.74) is 4.31. The molecule has 0 radical (unpaired) electrons. The molecule has 3 aromatic carbocycles. The van der Waals surface area contributed by atoms with Crippen LogP contribution in [0, 0.1) is 5.92 Å². The third-order valence-electron chi connectivity index (χ3n) is 5.72. The largest absolute Gasteiger partial charge is 0.497 e. The van der Waals surface area contributed by atoms with Gasteiger partial charge in [-0.05, 0) is 47.9 Å². The number of fused-ring (bicyclic) bond motifs is 1. The van der Waals surface area contributed by atoms with Gasteiger partial charge >= 0.3 is 5.97 Å². The molecule has 0 spiro atoms. The number of carboxylic acids is 1. The maximum Gasteiger partial charge on any atom is 0.307 e. The SMILES string of the molecule is COCCC(CC(=O)c1ccc(-c2ccc(Nc3nc4ccc(OC)cc4s3)cc2)cc1)C(=O)O. The second-order valence-corrected chi connectivity index (χ2v) is 9.11. The molecule has 0 aliphatic rings. The Kier molecular flexibility index (Phi) is 7.74. The number of aromatic nitrogens is 1. The molecule has 8 heteroatoms. The Bertz CT molecular complexity index is 1320. The number of carboxylic acid groups (broad SMARTS) is 1. The number of methoxy groups -OCH3 is 2. The Labute approximate surface area is 207 Å². The van der Waals surface area contributed by atoms with Crippen molar-refractivity contribution in [2.45, 2.75) is 12.8 Å². The Morgan fingerprint density at radius 3 is 2.31 bits per heavy atom. The third kappa shape index (κ3) is 6.03. The third-order valence-corrected chi connectivity index (χ3v) is 6.66. The lowest BCUT2D eigenvalue weighted by atomic mass is 9.94. The fourth-order valence-corrected chi connectivity index (χ4v) is 4.63. The van der Waals surface area contributed by atoms with Gasteiger partial charge in [0.25, 0.3) is 0 Å². The molecule has 0 saturated carbocycles. The number of nitrogens with one attached hydrogen (secondary N) is 1. The molecule has 0 bridgehead atoms. The molecule has 4 aromatic rings. The standard InChI is InChI=1S/C27H26N2O5S/c1-33-14-13-20(26(31)32)15-24(30)19-5-3-17(4-6-19)18-7-9-21(10-8-18)28-27-29-23-12-11-22(34-2)16-25(23)35-27/h3-12,16,20H,13-15H2,1-2H3,(H,28,29)(H,31,32). The van der Waals surface area contributed by atoms with Crippen LogP contribution in [0.1, 0.15) is 23.2 Å². The number of thiazole rings is 1. The van der Waals surface area contributed by atoms with Gasteiger partial charge in [-0.1, -0.05) is 47.7 Å². The van der Waals surface area contributed by atoms with Crippen molar-refractivity contribution in [3.63, 3.8) is 0 Å². The van der Waals surface area contributed by atoms with Crippen molar-refractivity contribution in [1.82, 2.24) is 4.98 Å². The summed E-state index contributed by atoms with van der Waals surface area (Å²) in [4.78, 5) is 28.6. The van der Waals surface area contributed by atoms with Gasteiger partial charge in [-0.25, -0.2) is 4.98 Å². The van der Waals surface area contributed by atoms with E-state index in [-0.39, 0.29) is 12.2 Å². The normalized spacial score (nSPS) is 11.8. The smallest absolute Gasteiger partial charge is 0.307 e. The number of ketones is 1. The van der Waals surface area contributed by atoms with Gasteiger partial charge in [-0.2, -0.15) is 0 Å². The average molecular weight is 491 g/mol. The minimum atomic E-state index is -0.980. The highest BCUT2D eigenvalue weighted by molar-refractivity contribution is 7.22. The summed E-state index contributed by atoms with van der Waals surface area (Å²) in [5, 5.41) is 13.5. The van der Waals surface area contributed by atoms with E-state index in [0.717, 1.165) is 37.9 Å². The zero-order valence-corrected chi connectivity index (χ0v) is 20.3. The van der Waals surface area contributed by atoms with Gasteiger partial charge < -0.3 is 19.9 Å². The first-order valence-corrected chi connectivity index (χ1v) is 12.0. The van der Waals surface area contributed by atoms with E-state index in [1.807, 2.05) is 54.6 Å². The van der Waals surface area contributed by atoms with Crippen LogP contribution in [-0.2, 0) is 9.53 Å². The quantitative estimate of drug-likeness (QED) is 0.248. The number of hydrogen-bond donors (Lipinski definition) is 2. The summed E-state index contributed by atoms with van der Waals surface area (Å²) in [7, 11) is 3.16. The molecule has 1 unspecified atom stereocenters. The first-order chi connectivity index (χ1) is 17.0. The molecule has 1 aromatic heterocycles. The van der Waals surface area contributed by atoms with Gasteiger partial charge in [-0.3, -0.25) is 9.59 Å². The lowest BCUT2D eigenvalue weighted by Gasteiger charge is -2.11. The second kappa shape index (κ2) is 11.1. The summed E-state index contributed by atoms with van der Waals surface area (Å²) in [6.45, 7) is 0.307. The van der Waals surface area contributed by atoms with Crippen molar-refractivity contribution >= 4 is 44.1 Å². The van der Waals surface area contributed by atoms with E-state index >= 15 is 0 Å². The Hall–Kier alpha value is -3.75. The van der Waals surface area contributed by atoms with Crippen LogP contribution in [0.15, 0.2) is 66.7 Å². The molecule has 0 saturated heterocycles. The maximum absolute atomic E-state index is 12.6. The number of ether oxygens (including phenoxy) is 2. The predicted molar refractivity (Wildman–Crippen MR) is 138 cm³/mol. The van der Waals surface area contributed by atoms with E-state index in [4.69, 9.17) is 9.47 Å². The van der Waals surface area contributed by atoms with E-state index in [9.17, 15) is 14.7 Å². The highest BCUT2D eigenvalue weighted by atomic mass is 32.1. The van der Waals surface area contributed by atoms with Crippen LogP contribution in [0.3, 0.4) is 0 Å². The summed E-state index contributed by atoms with van der Waals surface area (Å²) in [6.07, 6.45) is 0.262. The van der Waals surface area contributed by atoms with E-state index < -0.39 is 11.9 Å². The molecule has 1 heterocycles. The number of carbonyl (C=O) groups excluding carboxylic acids is 1. The predicted octanol–water partition coefficient (Wildman–Crippen LogP) is 6.03. The number of carbonyl (C=O) groups is 2. The monoisotopic (exact) mass is 490 g/mol. The van der Waals surface area contributed by atoms with E-state index in [0.29, 0.717) is 18.6 Å². The molecule has 7 nitrogen and oxygen atoms in total. The van der Waals surface area contributed by atoms with Crippen molar-refractivity contribution < 1.29 is 24.2 Å². The minimum Gasteiger partial charge on any atom is -0.497 e. The van der Waals surface area contributed by atoms with Crippen molar-refractivity contribution in [2.75, 3.05) is 26.1 Å². The van der Waals surface area contributed by atoms with Crippen LogP contribution in [0.2, 0.25) is 0 Å². The molecule has 0 amide bonds. The van der Waals surface area contributed by atoms with Gasteiger partial charge in [0, 0.05) is 31.4 Å². The number of Topliss-reactive ketones (excluding diaryl/α,β-unsaturated/α-hetero) is 1. The first-order valence-electron chi connectivity index (χ1n) is 11.1. The van der Waals surface area contributed by atoms with Crippen LogP contribution in [0.25, 0.3) is 21.3 Å². The van der Waals surface area contributed by atoms with Gasteiger partial charge in [0.05, 0.1) is 23.2 Å². The molecule has 2 N–H and O–H groups in total. The van der Waals surface area contributed by atoms with Gasteiger partial charge in [0.1, 0.15) is 5.75 Å². The van der Waals surface area contributed by atoms with Crippen LogP contribution in [-0.4, -0.2) is 42.7 Å². The fraction of sp³-hybridized carbons (Fsp3) is 0.222. The molecule has 35 heavy (non-hydrogen) atoms. The molecule has 1 atom stereocenters. The lowest BCUT2D eigenvalue weighted by molar-refractivity contribution is -0.142. The molecular weight excluding hydrogens is 464 g/mol. The molecule has 4 rings (SSSR count). The van der Waals surface area contributed by atoms with Gasteiger partial charge in [-0.15, -0.1) is 0 Å². The zero-order chi connectivity index (χ0) is 24.8. The zero-order valence-electron chi connectivity index (χ0n) is 19.5. The van der Waals surface area contributed by atoms with E-state index in [1.165, 1.54) is 7.11 Å². The maximum atomic E-state index is 12.6. The van der Waals surface area contributed by atoms with Gasteiger partial charge in [0.15, 0.2) is 10.9 Å². The number of nitrogens with zero attached hydrogens (tertiary/aromatic N) is 1. The van der Waals surface area contributed by atoms with Crippen molar-refractivity contribution in [1.29, 1.82) is 0 Å². The highest BCUT2D eigenvalue weighted by Crippen LogP contribution is 2.31. The minimum absolute atomic E-state index is 0.0447. The van der Waals surface area contributed by atoms with Crippen molar-refractivity contribution in [2.24, 2.45) is 5.92 Å².